The topological polar surface area (TPSA) is 73.3 Å². The van der Waals surface area contributed by atoms with E-state index in [2.05, 4.69) is 24.5 Å². The quantitative estimate of drug-likeness (QED) is 0.492. The normalized spacial score (nSPS) is 23.8. The first-order chi connectivity index (χ1) is 17.9. The van der Waals surface area contributed by atoms with Crippen molar-refractivity contribution in [1.82, 2.24) is 9.21 Å². The fourth-order valence-electron chi connectivity index (χ4n) is 5.07. The Morgan fingerprint density at radius 1 is 1.05 bits per heavy atom. The van der Waals surface area contributed by atoms with Gasteiger partial charge in [0.2, 0.25) is 10.0 Å². The van der Waals surface area contributed by atoms with Gasteiger partial charge in [-0.05, 0) is 43.2 Å². The summed E-state index contributed by atoms with van der Waals surface area (Å²) >= 11 is 4.35. The number of piperazine rings is 1. The minimum atomic E-state index is -4.81. The van der Waals surface area contributed by atoms with E-state index in [1.165, 1.54) is 16.4 Å². The summed E-state index contributed by atoms with van der Waals surface area (Å²) in [6, 6.07) is 12.2. The summed E-state index contributed by atoms with van der Waals surface area (Å²) in [6.07, 6.45) is -3.94. The monoisotopic (exact) mass is 573 g/mol. The molecule has 0 spiro atoms. The molecule has 2 aromatic carbocycles. The van der Waals surface area contributed by atoms with Crippen molar-refractivity contribution in [3.05, 3.63) is 54.1 Å². The average Bonchev–Trinajstić information content (AvgIpc) is 2.88. The number of rotatable bonds is 7. The first-order valence-corrected chi connectivity index (χ1v) is 14.5. The van der Waals surface area contributed by atoms with Crippen LogP contribution in [0.3, 0.4) is 0 Å². The lowest BCUT2D eigenvalue weighted by atomic mass is 9.95. The van der Waals surface area contributed by atoms with Gasteiger partial charge in [-0.2, -0.15) is 17.5 Å². The predicted octanol–water partition coefficient (Wildman–Crippen LogP) is 3.74. The molecule has 12 heteroatoms. The molecule has 2 fully saturated rings. The number of hydrogen-bond acceptors (Lipinski definition) is 7. The number of hydrogen-bond donors (Lipinski definition) is 2. The highest BCUT2D eigenvalue weighted by Gasteiger charge is 2.51. The maximum absolute atomic E-state index is 13.5. The van der Waals surface area contributed by atoms with Crippen LogP contribution in [0.1, 0.15) is 25.8 Å². The van der Waals surface area contributed by atoms with Crippen LogP contribution in [-0.2, 0) is 20.4 Å². The molecule has 0 radical (unpaired) electrons. The second kappa shape index (κ2) is 11.3. The predicted molar refractivity (Wildman–Crippen MR) is 142 cm³/mol. The van der Waals surface area contributed by atoms with Gasteiger partial charge in [0.1, 0.15) is 0 Å². The van der Waals surface area contributed by atoms with Gasteiger partial charge < -0.3 is 14.7 Å². The van der Waals surface area contributed by atoms with Crippen LogP contribution < -0.4 is 4.90 Å². The number of thiol groups is 1. The highest BCUT2D eigenvalue weighted by molar-refractivity contribution is 7.90. The molecule has 210 valence electrons. The third-order valence-corrected chi connectivity index (χ3v) is 9.97. The molecule has 2 saturated heterocycles. The lowest BCUT2D eigenvalue weighted by Crippen LogP contribution is -2.60. The maximum atomic E-state index is 13.5. The zero-order valence-corrected chi connectivity index (χ0v) is 23.1. The average molecular weight is 574 g/mol. The Hall–Kier alpha value is -1.83. The van der Waals surface area contributed by atoms with Gasteiger partial charge in [-0.3, -0.25) is 4.90 Å². The Morgan fingerprint density at radius 2 is 1.74 bits per heavy atom. The lowest BCUT2D eigenvalue weighted by molar-refractivity contribution is -0.258. The van der Waals surface area contributed by atoms with Crippen LogP contribution in [-0.4, -0.2) is 86.9 Å². The SMILES string of the molecule is CC[C@@H]1COCCN1C[C@H]1CN(S(=O)(=O)c2ccccc2S)CCN1c1ccc([C@@](C)(O)C(F)(F)F)cc1. The Balaban J connectivity index is 1.63. The van der Waals surface area contributed by atoms with Crippen LogP contribution in [0, 0.1) is 0 Å². The molecule has 2 heterocycles. The number of halogens is 3. The summed E-state index contributed by atoms with van der Waals surface area (Å²) in [7, 11) is -3.80. The van der Waals surface area contributed by atoms with Gasteiger partial charge in [0, 0.05) is 49.3 Å². The summed E-state index contributed by atoms with van der Waals surface area (Å²) in [4.78, 5) is 4.87. The molecule has 2 aromatic rings. The third kappa shape index (κ3) is 5.85. The minimum absolute atomic E-state index is 0.145. The second-order valence-electron chi connectivity index (χ2n) is 9.93. The van der Waals surface area contributed by atoms with Crippen LogP contribution in [0.25, 0.3) is 0 Å². The number of sulfonamides is 1. The van der Waals surface area contributed by atoms with E-state index in [0.717, 1.165) is 13.3 Å². The third-order valence-electron chi connectivity index (χ3n) is 7.51. The largest absolute Gasteiger partial charge is 0.421 e. The zero-order valence-electron chi connectivity index (χ0n) is 21.4. The van der Waals surface area contributed by atoms with Crippen LogP contribution in [0.5, 0.6) is 0 Å². The number of alkyl halides is 3. The van der Waals surface area contributed by atoms with E-state index < -0.39 is 21.8 Å². The van der Waals surface area contributed by atoms with Crippen LogP contribution in [0.15, 0.2) is 58.3 Å². The fourth-order valence-corrected chi connectivity index (χ4v) is 7.13. The summed E-state index contributed by atoms with van der Waals surface area (Å²) in [5, 5.41) is 10.1. The number of aliphatic hydroxyl groups is 1. The smallest absolute Gasteiger partial charge is 0.378 e. The fraction of sp³-hybridized carbons (Fsp3) is 0.538. The van der Waals surface area contributed by atoms with Gasteiger partial charge in [0.25, 0.3) is 0 Å². The molecule has 0 saturated carbocycles. The number of ether oxygens (including phenoxy) is 1. The van der Waals surface area contributed by atoms with E-state index in [0.29, 0.717) is 43.4 Å². The van der Waals surface area contributed by atoms with E-state index in [4.69, 9.17) is 4.74 Å². The molecule has 0 amide bonds. The second-order valence-corrected chi connectivity index (χ2v) is 12.3. The molecular formula is C26H34F3N3O4S2. The molecule has 1 N–H and O–H groups in total. The van der Waals surface area contributed by atoms with E-state index >= 15 is 0 Å². The molecule has 7 nitrogen and oxygen atoms in total. The van der Waals surface area contributed by atoms with Crippen molar-refractivity contribution in [2.45, 2.75) is 53.9 Å². The maximum Gasteiger partial charge on any atom is 0.421 e. The molecule has 0 unspecified atom stereocenters. The molecule has 2 aliphatic rings. The molecular weight excluding hydrogens is 539 g/mol. The van der Waals surface area contributed by atoms with Crippen molar-refractivity contribution in [3.8, 4) is 0 Å². The van der Waals surface area contributed by atoms with Gasteiger partial charge in [0.15, 0.2) is 5.60 Å². The van der Waals surface area contributed by atoms with Crippen molar-refractivity contribution >= 4 is 28.3 Å². The van der Waals surface area contributed by atoms with E-state index in [-0.39, 0.29) is 35.6 Å². The first kappa shape index (κ1) is 29.2. The molecule has 4 rings (SSSR count). The van der Waals surface area contributed by atoms with E-state index in [1.807, 2.05) is 4.90 Å². The highest BCUT2D eigenvalue weighted by Crippen LogP contribution is 2.39. The van der Waals surface area contributed by atoms with Crippen molar-refractivity contribution in [1.29, 1.82) is 0 Å². The van der Waals surface area contributed by atoms with E-state index in [9.17, 15) is 26.7 Å². The first-order valence-electron chi connectivity index (χ1n) is 12.6. The van der Waals surface area contributed by atoms with Crippen molar-refractivity contribution < 1.29 is 31.4 Å². The Labute approximate surface area is 227 Å². The molecule has 2 aliphatic heterocycles. The molecule has 0 aromatic heterocycles. The Kier molecular flexibility index (Phi) is 8.70. The van der Waals surface area contributed by atoms with Crippen molar-refractivity contribution in [2.24, 2.45) is 0 Å². The van der Waals surface area contributed by atoms with E-state index in [1.54, 1.807) is 36.4 Å². The minimum Gasteiger partial charge on any atom is -0.378 e. The Bertz CT molecular complexity index is 1210. The molecule has 3 atom stereocenters. The summed E-state index contributed by atoms with van der Waals surface area (Å²) in [5.41, 5.74) is -2.55. The van der Waals surface area contributed by atoms with Crippen LogP contribution in [0.4, 0.5) is 18.9 Å². The zero-order chi connectivity index (χ0) is 27.7. The van der Waals surface area contributed by atoms with Crippen LogP contribution >= 0.6 is 12.6 Å². The van der Waals surface area contributed by atoms with Crippen molar-refractivity contribution in [3.63, 3.8) is 0 Å². The number of nitrogens with zero attached hydrogens (tertiary/aromatic N) is 3. The van der Waals surface area contributed by atoms with Crippen LogP contribution in [0.2, 0.25) is 0 Å². The molecule has 0 aliphatic carbocycles. The van der Waals surface area contributed by atoms with Gasteiger partial charge in [-0.1, -0.05) is 31.2 Å². The molecule has 0 bridgehead atoms. The summed E-state index contributed by atoms with van der Waals surface area (Å²) < 4.78 is 74.2. The molecule has 38 heavy (non-hydrogen) atoms. The van der Waals surface area contributed by atoms with Gasteiger partial charge in [0.05, 0.1) is 24.2 Å². The number of benzene rings is 2. The Morgan fingerprint density at radius 3 is 2.37 bits per heavy atom. The van der Waals surface area contributed by atoms with Crippen molar-refractivity contribution in [2.75, 3.05) is 50.8 Å². The van der Waals surface area contributed by atoms with Gasteiger partial charge in [-0.15, -0.1) is 12.6 Å². The number of morpholine rings is 1. The standard InChI is InChI=1S/C26H34F3N3O4S2/c1-3-20-18-36-15-14-30(20)16-22-17-31(38(34,35)24-7-5-4-6-23(24)37)12-13-32(22)21-10-8-19(9-11-21)25(2,33)26(27,28)29/h4-11,20,22,33,37H,3,12-18H2,1-2H3/t20-,22+,25-/m1/s1. The highest BCUT2D eigenvalue weighted by atomic mass is 32.2. The number of anilines is 1. The summed E-state index contributed by atoms with van der Waals surface area (Å²) in [5.74, 6) is 0. The summed E-state index contributed by atoms with van der Waals surface area (Å²) in [6.45, 7) is 6.05. The van der Waals surface area contributed by atoms with Gasteiger partial charge in [-0.25, -0.2) is 8.42 Å². The lowest BCUT2D eigenvalue weighted by Gasteiger charge is -2.46. The van der Waals surface area contributed by atoms with Gasteiger partial charge >= 0.3 is 6.18 Å².